The highest BCUT2D eigenvalue weighted by molar-refractivity contribution is 7.89. The summed E-state index contributed by atoms with van der Waals surface area (Å²) < 4.78 is 27.9. The van der Waals surface area contributed by atoms with E-state index in [-0.39, 0.29) is 23.9 Å². The Hall–Kier alpha value is -3.62. The van der Waals surface area contributed by atoms with E-state index in [4.69, 9.17) is 0 Å². The first-order valence-electron chi connectivity index (χ1n) is 10.5. The van der Waals surface area contributed by atoms with Gasteiger partial charge in [-0.1, -0.05) is 30.3 Å². The molecule has 0 radical (unpaired) electrons. The number of hydrogen-bond donors (Lipinski definition) is 2. The van der Waals surface area contributed by atoms with Crippen LogP contribution >= 0.6 is 0 Å². The quantitative estimate of drug-likeness (QED) is 0.410. The lowest BCUT2D eigenvalue weighted by atomic mass is 10.0. The Bertz CT molecular complexity index is 1420. The zero-order valence-corrected chi connectivity index (χ0v) is 19.2. The van der Waals surface area contributed by atoms with Crippen LogP contribution in [0.5, 0.6) is 0 Å². The van der Waals surface area contributed by atoms with E-state index >= 15 is 0 Å². The number of carbonyl (C=O) groups excluding carboxylic acids is 1. The summed E-state index contributed by atoms with van der Waals surface area (Å²) in [6.45, 7) is 3.81. The summed E-state index contributed by atoms with van der Waals surface area (Å²) in [6.07, 6.45) is 3.37. The second kappa shape index (κ2) is 9.48. The molecule has 2 N–H and O–H groups in total. The highest BCUT2D eigenvalue weighted by atomic mass is 32.2. The van der Waals surface area contributed by atoms with E-state index < -0.39 is 10.0 Å². The fourth-order valence-electron chi connectivity index (χ4n) is 3.56. The molecule has 0 atom stereocenters. The van der Waals surface area contributed by atoms with Crippen LogP contribution in [0.15, 0.2) is 78.0 Å². The summed E-state index contributed by atoms with van der Waals surface area (Å²) in [5.41, 5.74) is 4.14. The second-order valence-corrected chi connectivity index (χ2v) is 9.47. The number of rotatable bonds is 7. The van der Waals surface area contributed by atoms with Crippen molar-refractivity contribution in [3.8, 4) is 11.3 Å². The van der Waals surface area contributed by atoms with E-state index in [0.29, 0.717) is 22.3 Å². The molecule has 2 heterocycles. The maximum absolute atomic E-state index is 13.0. The molecule has 0 aliphatic carbocycles. The van der Waals surface area contributed by atoms with Crippen LogP contribution < -0.4 is 10.0 Å². The third-order valence-electron chi connectivity index (χ3n) is 5.25. The van der Waals surface area contributed by atoms with Gasteiger partial charge in [0.1, 0.15) is 0 Å². The molecule has 0 aliphatic rings. The SMILES string of the molecule is Cc1ccc(C)c(S(=O)(=O)NCCNC(=O)c2cc(-c3cccnc3)nc3ccccc23)c1. The number of pyridine rings is 2. The molecule has 4 rings (SSSR count). The van der Waals surface area contributed by atoms with Gasteiger partial charge >= 0.3 is 0 Å². The number of hydrogen-bond acceptors (Lipinski definition) is 5. The van der Waals surface area contributed by atoms with Crippen molar-refractivity contribution in [2.45, 2.75) is 18.7 Å². The number of nitrogens with one attached hydrogen (secondary N) is 2. The lowest BCUT2D eigenvalue weighted by molar-refractivity contribution is 0.0956. The van der Waals surface area contributed by atoms with Crippen LogP contribution in [-0.4, -0.2) is 37.4 Å². The average molecular weight is 461 g/mol. The van der Waals surface area contributed by atoms with Gasteiger partial charge in [-0.2, -0.15) is 0 Å². The van der Waals surface area contributed by atoms with Crippen LogP contribution in [0.2, 0.25) is 0 Å². The smallest absolute Gasteiger partial charge is 0.252 e. The fourth-order valence-corrected chi connectivity index (χ4v) is 4.92. The minimum atomic E-state index is -3.67. The molecule has 0 bridgehead atoms. The van der Waals surface area contributed by atoms with E-state index in [9.17, 15) is 13.2 Å². The molecular weight excluding hydrogens is 436 g/mol. The molecule has 0 spiro atoms. The molecular formula is C25H24N4O3S. The first-order chi connectivity index (χ1) is 15.8. The number of amides is 1. The fraction of sp³-hybridized carbons (Fsp3) is 0.160. The van der Waals surface area contributed by atoms with Crippen molar-refractivity contribution >= 4 is 26.8 Å². The van der Waals surface area contributed by atoms with Crippen molar-refractivity contribution < 1.29 is 13.2 Å². The molecule has 33 heavy (non-hydrogen) atoms. The van der Waals surface area contributed by atoms with Gasteiger partial charge in [-0.05, 0) is 55.3 Å². The van der Waals surface area contributed by atoms with E-state index in [1.165, 1.54) is 0 Å². The van der Waals surface area contributed by atoms with E-state index in [1.54, 1.807) is 37.5 Å². The van der Waals surface area contributed by atoms with Gasteiger partial charge in [0.2, 0.25) is 10.0 Å². The first kappa shape index (κ1) is 22.6. The normalized spacial score (nSPS) is 11.5. The Labute approximate surface area is 193 Å². The lowest BCUT2D eigenvalue weighted by Crippen LogP contribution is -2.35. The summed E-state index contributed by atoms with van der Waals surface area (Å²) >= 11 is 0. The third-order valence-corrected chi connectivity index (χ3v) is 6.86. The van der Waals surface area contributed by atoms with Gasteiger partial charge in [-0.15, -0.1) is 0 Å². The Morgan fingerprint density at radius 3 is 2.58 bits per heavy atom. The number of para-hydroxylation sites is 1. The number of fused-ring (bicyclic) bond motifs is 1. The molecule has 4 aromatic rings. The molecule has 7 nitrogen and oxygen atoms in total. The Balaban J connectivity index is 1.50. The highest BCUT2D eigenvalue weighted by Crippen LogP contribution is 2.24. The van der Waals surface area contributed by atoms with Crippen molar-refractivity contribution in [2.75, 3.05) is 13.1 Å². The summed E-state index contributed by atoms with van der Waals surface area (Å²) in [7, 11) is -3.67. The van der Waals surface area contributed by atoms with Crippen LogP contribution in [0.4, 0.5) is 0 Å². The molecule has 8 heteroatoms. The van der Waals surface area contributed by atoms with Crippen molar-refractivity contribution in [3.63, 3.8) is 0 Å². The van der Waals surface area contributed by atoms with E-state index in [2.05, 4.69) is 20.0 Å². The number of nitrogens with zero attached hydrogens (tertiary/aromatic N) is 2. The summed E-state index contributed by atoms with van der Waals surface area (Å²) in [5.74, 6) is -0.301. The predicted octanol–water partition coefficient (Wildman–Crippen LogP) is 3.62. The largest absolute Gasteiger partial charge is 0.351 e. The number of aryl methyl sites for hydroxylation is 2. The maximum Gasteiger partial charge on any atom is 0.252 e. The van der Waals surface area contributed by atoms with Gasteiger partial charge in [0, 0.05) is 36.4 Å². The van der Waals surface area contributed by atoms with Crippen LogP contribution in [0, 0.1) is 13.8 Å². The molecule has 2 aromatic heterocycles. The molecule has 168 valence electrons. The van der Waals surface area contributed by atoms with Gasteiger partial charge in [0.15, 0.2) is 0 Å². The van der Waals surface area contributed by atoms with Gasteiger partial charge in [-0.25, -0.2) is 18.1 Å². The Kier molecular flexibility index (Phi) is 6.48. The minimum absolute atomic E-state index is 0.0694. The Morgan fingerprint density at radius 1 is 0.970 bits per heavy atom. The number of aromatic nitrogens is 2. The van der Waals surface area contributed by atoms with Crippen molar-refractivity contribution in [3.05, 3.63) is 89.7 Å². The van der Waals surface area contributed by atoms with Crippen molar-refractivity contribution in [1.29, 1.82) is 0 Å². The molecule has 1 amide bonds. The van der Waals surface area contributed by atoms with Crippen LogP contribution in [-0.2, 0) is 10.0 Å². The van der Waals surface area contributed by atoms with Gasteiger partial charge in [0.05, 0.1) is 21.7 Å². The van der Waals surface area contributed by atoms with E-state index in [1.807, 2.05) is 49.4 Å². The minimum Gasteiger partial charge on any atom is -0.351 e. The monoisotopic (exact) mass is 460 g/mol. The van der Waals surface area contributed by atoms with Crippen LogP contribution in [0.25, 0.3) is 22.2 Å². The summed E-state index contributed by atoms with van der Waals surface area (Å²) in [4.78, 5) is 22.0. The van der Waals surface area contributed by atoms with Crippen LogP contribution in [0.3, 0.4) is 0 Å². The average Bonchev–Trinajstić information content (AvgIpc) is 2.83. The van der Waals surface area contributed by atoms with Gasteiger partial charge < -0.3 is 5.32 Å². The first-order valence-corrected chi connectivity index (χ1v) is 12.0. The van der Waals surface area contributed by atoms with Crippen molar-refractivity contribution in [1.82, 2.24) is 20.0 Å². The zero-order valence-electron chi connectivity index (χ0n) is 18.4. The molecule has 0 fully saturated rings. The molecule has 2 aromatic carbocycles. The van der Waals surface area contributed by atoms with Crippen molar-refractivity contribution in [2.24, 2.45) is 0 Å². The van der Waals surface area contributed by atoms with Gasteiger partial charge in [-0.3, -0.25) is 9.78 Å². The lowest BCUT2D eigenvalue weighted by Gasteiger charge is -2.12. The molecule has 0 aliphatic heterocycles. The maximum atomic E-state index is 13.0. The predicted molar refractivity (Wildman–Crippen MR) is 128 cm³/mol. The summed E-state index contributed by atoms with van der Waals surface area (Å²) in [6, 6.07) is 18.1. The Morgan fingerprint density at radius 2 is 1.79 bits per heavy atom. The molecule has 0 unspecified atom stereocenters. The number of sulfonamides is 1. The number of benzene rings is 2. The third kappa shape index (κ3) is 5.08. The zero-order chi connectivity index (χ0) is 23.4. The molecule has 0 saturated heterocycles. The topological polar surface area (TPSA) is 101 Å². The van der Waals surface area contributed by atoms with Gasteiger partial charge in [0.25, 0.3) is 5.91 Å². The number of carbonyl (C=O) groups is 1. The molecule has 0 saturated carbocycles. The summed E-state index contributed by atoms with van der Waals surface area (Å²) in [5, 5.41) is 3.53. The second-order valence-electron chi connectivity index (χ2n) is 7.74. The van der Waals surface area contributed by atoms with E-state index in [0.717, 1.165) is 16.5 Å². The highest BCUT2D eigenvalue weighted by Gasteiger charge is 2.17. The van der Waals surface area contributed by atoms with Crippen LogP contribution in [0.1, 0.15) is 21.5 Å². The standard InChI is InChI=1S/C25H24N4O3S/c1-17-9-10-18(2)24(14-17)33(31,32)28-13-12-27-25(30)21-15-23(19-6-5-11-26-16-19)29-22-8-4-3-7-20(21)22/h3-11,14-16,28H,12-13H2,1-2H3,(H,27,30).